The molecule has 2 heterocycles. The van der Waals surface area contributed by atoms with Crippen molar-refractivity contribution in [3.63, 3.8) is 0 Å². The molecule has 2 unspecified atom stereocenters. The average molecular weight is 324 g/mol. The monoisotopic (exact) mass is 324 g/mol. The molecule has 1 aromatic heterocycles. The van der Waals surface area contributed by atoms with Gasteiger partial charge < -0.3 is 5.32 Å². The summed E-state index contributed by atoms with van der Waals surface area (Å²) in [7, 11) is 0. The fourth-order valence-corrected chi connectivity index (χ4v) is 2.97. The molecule has 0 radical (unpaired) electrons. The van der Waals surface area contributed by atoms with Gasteiger partial charge in [-0.2, -0.15) is 0 Å². The van der Waals surface area contributed by atoms with Crippen LogP contribution in [0.15, 0.2) is 54.9 Å². The standard InChI is InChI=1S/C19H24N4O/c24-19(21-11-5-4-6-15-9-12-20-13-10-15)18-14-17(22-23-18)16-7-2-1-3-8-16/h1-3,7-10,12-13,17-18,22-23H,4-6,11,14H2,(H,21,24). The van der Waals surface area contributed by atoms with Gasteiger partial charge in [-0.1, -0.05) is 30.3 Å². The van der Waals surface area contributed by atoms with Crippen LogP contribution in [0, 0.1) is 0 Å². The van der Waals surface area contributed by atoms with Gasteiger partial charge in [0.15, 0.2) is 0 Å². The van der Waals surface area contributed by atoms with Crippen LogP contribution < -0.4 is 16.2 Å². The molecule has 0 bridgehead atoms. The number of aromatic nitrogens is 1. The fourth-order valence-electron chi connectivity index (χ4n) is 2.97. The van der Waals surface area contributed by atoms with E-state index in [0.717, 1.165) is 32.2 Å². The van der Waals surface area contributed by atoms with Gasteiger partial charge in [-0.25, -0.2) is 10.9 Å². The number of unbranched alkanes of at least 4 members (excludes halogenated alkanes) is 1. The van der Waals surface area contributed by atoms with Crippen molar-refractivity contribution < 1.29 is 4.79 Å². The van der Waals surface area contributed by atoms with E-state index in [1.165, 1.54) is 11.1 Å². The number of nitrogens with zero attached hydrogens (tertiary/aromatic N) is 1. The molecule has 1 amide bonds. The molecule has 5 heteroatoms. The quantitative estimate of drug-likeness (QED) is 0.683. The lowest BCUT2D eigenvalue weighted by Crippen LogP contribution is -2.43. The van der Waals surface area contributed by atoms with E-state index in [1.807, 2.05) is 42.7 Å². The topological polar surface area (TPSA) is 66.0 Å². The van der Waals surface area contributed by atoms with E-state index in [-0.39, 0.29) is 18.0 Å². The smallest absolute Gasteiger partial charge is 0.238 e. The van der Waals surface area contributed by atoms with E-state index in [0.29, 0.717) is 0 Å². The Labute approximate surface area is 142 Å². The molecule has 1 aliphatic rings. The molecular formula is C19H24N4O. The second-order valence-corrected chi connectivity index (χ2v) is 6.14. The van der Waals surface area contributed by atoms with Crippen LogP contribution in [0.4, 0.5) is 0 Å². The van der Waals surface area contributed by atoms with Crippen molar-refractivity contribution >= 4 is 5.91 Å². The van der Waals surface area contributed by atoms with E-state index in [2.05, 4.69) is 33.3 Å². The van der Waals surface area contributed by atoms with Crippen LogP contribution in [-0.2, 0) is 11.2 Å². The van der Waals surface area contributed by atoms with Gasteiger partial charge in [-0.3, -0.25) is 9.78 Å². The molecule has 1 fully saturated rings. The van der Waals surface area contributed by atoms with Crippen LogP contribution in [0.3, 0.4) is 0 Å². The number of amides is 1. The van der Waals surface area contributed by atoms with Gasteiger partial charge in [-0.05, 0) is 48.9 Å². The SMILES string of the molecule is O=C(NCCCCc1ccncc1)C1CC(c2ccccc2)NN1. The van der Waals surface area contributed by atoms with Crippen LogP contribution in [0.5, 0.6) is 0 Å². The van der Waals surface area contributed by atoms with E-state index in [1.54, 1.807) is 0 Å². The number of carbonyl (C=O) groups excluding carboxylic acids is 1. The maximum atomic E-state index is 12.2. The minimum Gasteiger partial charge on any atom is -0.355 e. The lowest BCUT2D eigenvalue weighted by atomic mass is 10.0. The van der Waals surface area contributed by atoms with Gasteiger partial charge in [0, 0.05) is 25.0 Å². The Hall–Kier alpha value is -2.24. The molecule has 0 spiro atoms. The molecule has 0 saturated carbocycles. The van der Waals surface area contributed by atoms with Gasteiger partial charge in [0.25, 0.3) is 0 Å². The summed E-state index contributed by atoms with van der Waals surface area (Å²) in [4.78, 5) is 16.2. The molecule has 1 aliphatic heterocycles. The first-order valence-corrected chi connectivity index (χ1v) is 8.55. The average Bonchev–Trinajstić information content (AvgIpc) is 3.13. The summed E-state index contributed by atoms with van der Waals surface area (Å²) in [5.41, 5.74) is 8.81. The number of benzene rings is 1. The maximum absolute atomic E-state index is 12.2. The maximum Gasteiger partial charge on any atom is 0.238 e. The Balaban J connectivity index is 1.34. The highest BCUT2D eigenvalue weighted by Gasteiger charge is 2.29. The molecule has 2 atom stereocenters. The number of nitrogens with one attached hydrogen (secondary N) is 3. The molecule has 5 nitrogen and oxygen atoms in total. The Morgan fingerprint density at radius 1 is 1.08 bits per heavy atom. The highest BCUT2D eigenvalue weighted by atomic mass is 16.2. The van der Waals surface area contributed by atoms with Crippen molar-refractivity contribution in [1.29, 1.82) is 0 Å². The van der Waals surface area contributed by atoms with Crippen molar-refractivity contribution in [2.45, 2.75) is 37.8 Å². The summed E-state index contributed by atoms with van der Waals surface area (Å²) in [6.45, 7) is 0.720. The Morgan fingerprint density at radius 3 is 2.67 bits per heavy atom. The van der Waals surface area contributed by atoms with Crippen molar-refractivity contribution in [1.82, 2.24) is 21.2 Å². The van der Waals surface area contributed by atoms with E-state index in [4.69, 9.17) is 0 Å². The first kappa shape index (κ1) is 16.6. The zero-order chi connectivity index (χ0) is 16.6. The van der Waals surface area contributed by atoms with Crippen LogP contribution in [0.1, 0.15) is 36.4 Å². The van der Waals surface area contributed by atoms with Gasteiger partial charge in [0.1, 0.15) is 6.04 Å². The highest BCUT2D eigenvalue weighted by Crippen LogP contribution is 2.21. The lowest BCUT2D eigenvalue weighted by molar-refractivity contribution is -0.122. The number of carbonyl (C=O) groups is 1. The van der Waals surface area contributed by atoms with E-state index >= 15 is 0 Å². The van der Waals surface area contributed by atoms with Crippen LogP contribution in [-0.4, -0.2) is 23.5 Å². The van der Waals surface area contributed by atoms with Crippen LogP contribution >= 0.6 is 0 Å². The number of hydrogen-bond acceptors (Lipinski definition) is 4. The fraction of sp³-hybridized carbons (Fsp3) is 0.368. The van der Waals surface area contributed by atoms with Crippen molar-refractivity contribution in [3.8, 4) is 0 Å². The van der Waals surface area contributed by atoms with Gasteiger partial charge in [0.2, 0.25) is 5.91 Å². The largest absolute Gasteiger partial charge is 0.355 e. The summed E-state index contributed by atoms with van der Waals surface area (Å²) in [6, 6.07) is 14.3. The summed E-state index contributed by atoms with van der Waals surface area (Å²) in [5, 5.41) is 3.03. The minimum absolute atomic E-state index is 0.0739. The van der Waals surface area contributed by atoms with E-state index < -0.39 is 0 Å². The minimum atomic E-state index is -0.171. The Bertz CT molecular complexity index is 632. The molecule has 2 aromatic rings. The summed E-state index contributed by atoms with van der Waals surface area (Å²) in [5.74, 6) is 0.0739. The van der Waals surface area contributed by atoms with Gasteiger partial charge in [-0.15, -0.1) is 0 Å². The number of rotatable bonds is 7. The molecule has 1 saturated heterocycles. The molecule has 0 aliphatic carbocycles. The summed E-state index contributed by atoms with van der Waals surface area (Å²) in [6.07, 6.45) is 7.48. The summed E-state index contributed by atoms with van der Waals surface area (Å²) >= 11 is 0. The normalized spacial score (nSPS) is 20.0. The Morgan fingerprint density at radius 2 is 1.88 bits per heavy atom. The third-order valence-corrected chi connectivity index (χ3v) is 4.36. The zero-order valence-electron chi connectivity index (χ0n) is 13.7. The predicted molar refractivity (Wildman–Crippen MR) is 94.0 cm³/mol. The predicted octanol–water partition coefficient (Wildman–Crippen LogP) is 2.13. The molecule has 3 N–H and O–H groups in total. The second kappa shape index (κ2) is 8.57. The highest BCUT2D eigenvalue weighted by molar-refractivity contribution is 5.82. The van der Waals surface area contributed by atoms with Gasteiger partial charge >= 0.3 is 0 Å². The van der Waals surface area contributed by atoms with Crippen molar-refractivity contribution in [3.05, 3.63) is 66.0 Å². The third-order valence-electron chi connectivity index (χ3n) is 4.36. The number of pyridine rings is 1. The first-order valence-electron chi connectivity index (χ1n) is 8.55. The molecular weight excluding hydrogens is 300 g/mol. The van der Waals surface area contributed by atoms with Crippen molar-refractivity contribution in [2.75, 3.05) is 6.54 Å². The third kappa shape index (κ3) is 4.63. The van der Waals surface area contributed by atoms with Crippen LogP contribution in [0.25, 0.3) is 0 Å². The number of hydrogen-bond donors (Lipinski definition) is 3. The Kier molecular flexibility index (Phi) is 5.93. The molecule has 3 rings (SSSR count). The van der Waals surface area contributed by atoms with Crippen LogP contribution in [0.2, 0.25) is 0 Å². The number of hydrazine groups is 1. The molecule has 24 heavy (non-hydrogen) atoms. The molecule has 1 aromatic carbocycles. The summed E-state index contributed by atoms with van der Waals surface area (Å²) < 4.78 is 0. The molecule has 126 valence electrons. The second-order valence-electron chi connectivity index (χ2n) is 6.14. The first-order chi connectivity index (χ1) is 11.8. The van der Waals surface area contributed by atoms with Crippen molar-refractivity contribution in [2.24, 2.45) is 0 Å². The van der Waals surface area contributed by atoms with E-state index in [9.17, 15) is 4.79 Å². The zero-order valence-corrected chi connectivity index (χ0v) is 13.7. The van der Waals surface area contributed by atoms with Gasteiger partial charge in [0.05, 0.1) is 0 Å². The lowest BCUT2D eigenvalue weighted by Gasteiger charge is -2.10. The number of aryl methyl sites for hydroxylation is 1.